The van der Waals surface area contributed by atoms with Gasteiger partial charge in [-0.05, 0) is 26.0 Å². The first-order valence-corrected chi connectivity index (χ1v) is 7.51. The second kappa shape index (κ2) is 6.60. The Morgan fingerprint density at radius 3 is 2.96 bits per heavy atom. The van der Waals surface area contributed by atoms with Gasteiger partial charge in [-0.3, -0.25) is 4.79 Å². The summed E-state index contributed by atoms with van der Waals surface area (Å²) in [7, 11) is 0. The van der Waals surface area contributed by atoms with Gasteiger partial charge in [0.15, 0.2) is 6.79 Å². The summed E-state index contributed by atoms with van der Waals surface area (Å²) >= 11 is 6.08. The Labute approximate surface area is 138 Å². The van der Waals surface area contributed by atoms with Gasteiger partial charge in [-0.25, -0.2) is 0 Å². The number of benzene rings is 1. The van der Waals surface area contributed by atoms with Gasteiger partial charge < -0.3 is 18.7 Å². The number of aryl methyl sites for hydroxylation is 2. The summed E-state index contributed by atoms with van der Waals surface area (Å²) in [5, 5.41) is 4.37. The summed E-state index contributed by atoms with van der Waals surface area (Å²) in [6.07, 6.45) is 0.119. The van der Waals surface area contributed by atoms with Gasteiger partial charge >= 0.3 is 5.97 Å². The van der Waals surface area contributed by atoms with Crippen LogP contribution in [0.1, 0.15) is 28.1 Å². The number of rotatable bonds is 4. The summed E-state index contributed by atoms with van der Waals surface area (Å²) < 4.78 is 21.1. The highest BCUT2D eigenvalue weighted by molar-refractivity contribution is 6.30. The van der Waals surface area contributed by atoms with E-state index < -0.39 is 0 Å². The molecule has 0 amide bonds. The molecular weight excluding hydrogens is 322 g/mol. The molecule has 1 aliphatic heterocycles. The van der Waals surface area contributed by atoms with Crippen LogP contribution in [0.15, 0.2) is 16.7 Å². The number of aromatic nitrogens is 1. The molecule has 0 unspecified atom stereocenters. The lowest BCUT2D eigenvalue weighted by molar-refractivity contribution is -0.144. The second-order valence-corrected chi connectivity index (χ2v) is 5.74. The first kappa shape index (κ1) is 15.8. The molecule has 0 fully saturated rings. The Bertz CT molecular complexity index is 721. The van der Waals surface area contributed by atoms with Crippen molar-refractivity contribution < 1.29 is 23.5 Å². The van der Waals surface area contributed by atoms with E-state index in [0.29, 0.717) is 28.8 Å². The smallest absolute Gasteiger partial charge is 0.310 e. The Hall–Kier alpha value is -2.05. The van der Waals surface area contributed by atoms with Crippen LogP contribution in [0.5, 0.6) is 5.75 Å². The van der Waals surface area contributed by atoms with Gasteiger partial charge in [-0.15, -0.1) is 0 Å². The fourth-order valence-electron chi connectivity index (χ4n) is 2.47. The third-order valence-corrected chi connectivity index (χ3v) is 3.86. The number of hydrogen-bond donors (Lipinski definition) is 0. The molecular formula is C16H16ClNO5. The molecule has 1 aliphatic rings. The average Bonchev–Trinajstić information content (AvgIpc) is 2.84. The highest BCUT2D eigenvalue weighted by Crippen LogP contribution is 2.32. The minimum Gasteiger partial charge on any atom is -0.467 e. The van der Waals surface area contributed by atoms with Crippen LogP contribution in [0.3, 0.4) is 0 Å². The van der Waals surface area contributed by atoms with Crippen molar-refractivity contribution in [1.82, 2.24) is 5.16 Å². The maximum absolute atomic E-state index is 12.1. The van der Waals surface area contributed by atoms with E-state index in [9.17, 15) is 4.79 Å². The van der Waals surface area contributed by atoms with Crippen LogP contribution in [-0.4, -0.2) is 17.9 Å². The van der Waals surface area contributed by atoms with Gasteiger partial charge in [-0.1, -0.05) is 16.8 Å². The number of halogens is 1. The lowest BCUT2D eigenvalue weighted by atomic mass is 10.1. The second-order valence-electron chi connectivity index (χ2n) is 5.30. The molecule has 0 saturated heterocycles. The molecule has 2 aromatic rings. The van der Waals surface area contributed by atoms with E-state index in [1.807, 2.05) is 0 Å². The maximum Gasteiger partial charge on any atom is 0.310 e. The first-order chi connectivity index (χ1) is 11.0. The van der Waals surface area contributed by atoms with Crippen LogP contribution in [-0.2, 0) is 33.9 Å². The highest BCUT2D eigenvalue weighted by atomic mass is 35.5. The van der Waals surface area contributed by atoms with Crippen LogP contribution in [0.25, 0.3) is 0 Å². The molecule has 0 bridgehead atoms. The summed E-state index contributed by atoms with van der Waals surface area (Å²) in [5.41, 5.74) is 3.02. The number of carbonyl (C=O) groups excluding carboxylic acids is 1. The van der Waals surface area contributed by atoms with Gasteiger partial charge in [0.05, 0.1) is 18.7 Å². The van der Waals surface area contributed by atoms with Crippen LogP contribution in [0.4, 0.5) is 0 Å². The molecule has 122 valence electrons. The Morgan fingerprint density at radius 2 is 2.22 bits per heavy atom. The third-order valence-electron chi connectivity index (χ3n) is 3.64. The standard InChI is InChI=1S/C16H16ClNO5/c1-9-14(10(2)23-18-9)5-15(19)21-7-12-4-13(17)3-11-6-20-8-22-16(11)12/h3-4H,5-8H2,1-2H3. The Kier molecular flexibility index (Phi) is 4.54. The minimum absolute atomic E-state index is 0.0884. The lowest BCUT2D eigenvalue weighted by Gasteiger charge is -2.21. The number of esters is 1. The van der Waals surface area contributed by atoms with Crippen LogP contribution in [0, 0.1) is 13.8 Å². The summed E-state index contributed by atoms with van der Waals surface area (Å²) in [5.74, 6) is 0.936. The van der Waals surface area contributed by atoms with Crippen LogP contribution in [0.2, 0.25) is 5.02 Å². The van der Waals surface area contributed by atoms with Crippen molar-refractivity contribution in [3.63, 3.8) is 0 Å². The summed E-state index contributed by atoms with van der Waals surface area (Å²) in [6, 6.07) is 3.51. The molecule has 6 nitrogen and oxygen atoms in total. The van der Waals surface area contributed by atoms with Crippen molar-refractivity contribution in [2.45, 2.75) is 33.5 Å². The molecule has 0 atom stereocenters. The highest BCUT2D eigenvalue weighted by Gasteiger charge is 2.19. The zero-order valence-corrected chi connectivity index (χ0v) is 13.6. The third kappa shape index (κ3) is 3.48. The van der Waals surface area contributed by atoms with Gasteiger partial charge in [0, 0.05) is 21.7 Å². The lowest BCUT2D eigenvalue weighted by Crippen LogP contribution is -2.15. The topological polar surface area (TPSA) is 70.8 Å². The van der Waals surface area contributed by atoms with Crippen molar-refractivity contribution in [3.8, 4) is 5.75 Å². The van der Waals surface area contributed by atoms with E-state index in [1.165, 1.54) is 0 Å². The zero-order chi connectivity index (χ0) is 16.4. The van der Waals surface area contributed by atoms with Gasteiger partial charge in [-0.2, -0.15) is 0 Å². The SMILES string of the molecule is Cc1noc(C)c1CC(=O)OCc1cc(Cl)cc2c1OCOC2. The fraction of sp³-hybridized carbons (Fsp3) is 0.375. The van der Waals surface area contributed by atoms with E-state index in [-0.39, 0.29) is 25.8 Å². The van der Waals surface area contributed by atoms with Gasteiger partial charge in [0.25, 0.3) is 0 Å². The average molecular weight is 338 g/mol. The molecule has 0 N–H and O–H groups in total. The normalized spacial score (nSPS) is 13.3. The number of fused-ring (bicyclic) bond motifs is 1. The predicted octanol–water partition coefficient (Wildman–Crippen LogP) is 3.10. The van der Waals surface area contributed by atoms with Crippen molar-refractivity contribution in [1.29, 1.82) is 0 Å². The molecule has 0 aliphatic carbocycles. The van der Waals surface area contributed by atoms with Crippen molar-refractivity contribution >= 4 is 17.6 Å². The molecule has 7 heteroatoms. The van der Waals surface area contributed by atoms with E-state index in [2.05, 4.69) is 5.16 Å². The zero-order valence-electron chi connectivity index (χ0n) is 12.8. The molecule has 1 aromatic carbocycles. The van der Waals surface area contributed by atoms with Crippen molar-refractivity contribution in [3.05, 3.63) is 45.3 Å². The molecule has 0 saturated carbocycles. The predicted molar refractivity (Wildman–Crippen MR) is 81.2 cm³/mol. The van der Waals surface area contributed by atoms with E-state index in [0.717, 1.165) is 16.7 Å². The quantitative estimate of drug-likeness (QED) is 0.798. The van der Waals surface area contributed by atoms with Gasteiger partial charge in [0.2, 0.25) is 0 Å². The largest absolute Gasteiger partial charge is 0.467 e. The minimum atomic E-state index is -0.361. The maximum atomic E-state index is 12.1. The van der Waals surface area contributed by atoms with Crippen LogP contribution >= 0.6 is 11.6 Å². The van der Waals surface area contributed by atoms with E-state index in [1.54, 1.807) is 26.0 Å². The van der Waals surface area contributed by atoms with E-state index in [4.69, 9.17) is 30.3 Å². The van der Waals surface area contributed by atoms with E-state index >= 15 is 0 Å². The Morgan fingerprint density at radius 1 is 1.39 bits per heavy atom. The monoisotopic (exact) mass is 337 g/mol. The first-order valence-electron chi connectivity index (χ1n) is 7.14. The number of nitrogens with zero attached hydrogens (tertiary/aromatic N) is 1. The molecule has 2 heterocycles. The Balaban J connectivity index is 1.69. The molecule has 1 aromatic heterocycles. The summed E-state index contributed by atoms with van der Waals surface area (Å²) in [4.78, 5) is 12.1. The molecule has 0 spiro atoms. The number of ether oxygens (including phenoxy) is 3. The molecule has 23 heavy (non-hydrogen) atoms. The van der Waals surface area contributed by atoms with Crippen molar-refractivity contribution in [2.75, 3.05) is 6.79 Å². The fourth-order valence-corrected chi connectivity index (χ4v) is 2.74. The number of hydrogen-bond acceptors (Lipinski definition) is 6. The number of carbonyl (C=O) groups is 1. The molecule has 3 rings (SSSR count). The van der Waals surface area contributed by atoms with Crippen LogP contribution < -0.4 is 4.74 Å². The molecule has 0 radical (unpaired) electrons. The summed E-state index contributed by atoms with van der Waals surface area (Å²) in [6.45, 7) is 4.25. The van der Waals surface area contributed by atoms with Gasteiger partial charge in [0.1, 0.15) is 18.1 Å². The van der Waals surface area contributed by atoms with Crippen molar-refractivity contribution in [2.24, 2.45) is 0 Å².